The Kier molecular flexibility index (Phi) is 5.43. The molecule has 0 saturated carbocycles. The topological polar surface area (TPSA) is 95.2 Å². The van der Waals surface area contributed by atoms with Crippen LogP contribution in [0.15, 0.2) is 24.7 Å². The van der Waals surface area contributed by atoms with E-state index in [1.54, 1.807) is 17.3 Å². The number of hydrogen-bond donors (Lipinski definition) is 0. The summed E-state index contributed by atoms with van der Waals surface area (Å²) in [4.78, 5) is 1.71. The van der Waals surface area contributed by atoms with Crippen LogP contribution in [0.2, 0.25) is 0 Å². The lowest BCUT2D eigenvalue weighted by Crippen LogP contribution is -2.31. The van der Waals surface area contributed by atoms with E-state index >= 15 is 0 Å². The van der Waals surface area contributed by atoms with Crippen LogP contribution >= 0.6 is 0 Å². The summed E-state index contributed by atoms with van der Waals surface area (Å²) in [5.74, 6) is -0.0733. The molecule has 3 aromatic heterocycles. The number of nitrogens with zero attached hydrogens (tertiary/aromatic N) is 7. The average molecular weight is 443 g/mol. The highest BCUT2D eigenvalue weighted by Gasteiger charge is 2.38. The number of ether oxygens (including phenoxy) is 1. The second kappa shape index (κ2) is 8.08. The van der Waals surface area contributed by atoms with Crippen molar-refractivity contribution in [2.24, 2.45) is 0 Å². The molecule has 1 saturated heterocycles. The average Bonchev–Trinajstić information content (AvgIpc) is 3.36. The molecule has 1 aliphatic rings. The van der Waals surface area contributed by atoms with Gasteiger partial charge in [-0.3, -0.25) is 4.68 Å². The minimum absolute atomic E-state index is 0.0733. The highest BCUT2D eigenvalue weighted by molar-refractivity contribution is 5.76. The van der Waals surface area contributed by atoms with Crippen LogP contribution in [0, 0.1) is 29.7 Å². The van der Waals surface area contributed by atoms with Crippen molar-refractivity contribution in [2.45, 2.75) is 45.0 Å². The van der Waals surface area contributed by atoms with Crippen molar-refractivity contribution < 1.29 is 17.9 Å². The molecule has 0 radical (unpaired) electrons. The number of halogens is 3. The van der Waals surface area contributed by atoms with Gasteiger partial charge in [0.25, 0.3) is 0 Å². The predicted octanol–water partition coefficient (Wildman–Crippen LogP) is 3.83. The molecular formula is C21H20F3N7O. The van der Waals surface area contributed by atoms with Crippen LogP contribution in [0.5, 0.6) is 5.75 Å². The molecule has 166 valence electrons. The van der Waals surface area contributed by atoms with Crippen molar-refractivity contribution >= 4 is 5.52 Å². The van der Waals surface area contributed by atoms with E-state index in [-0.39, 0.29) is 22.9 Å². The van der Waals surface area contributed by atoms with E-state index in [0.29, 0.717) is 18.7 Å². The lowest BCUT2D eigenvalue weighted by atomic mass is 10.0. The highest BCUT2D eigenvalue weighted by atomic mass is 19.4. The van der Waals surface area contributed by atoms with Crippen molar-refractivity contribution in [1.82, 2.24) is 24.3 Å². The molecule has 1 aliphatic heterocycles. The maximum Gasteiger partial charge on any atom is 0.425 e. The van der Waals surface area contributed by atoms with Gasteiger partial charge in [-0.2, -0.15) is 33.9 Å². The summed E-state index contributed by atoms with van der Waals surface area (Å²) < 4.78 is 47.9. The van der Waals surface area contributed by atoms with E-state index in [1.807, 2.05) is 17.7 Å². The molecule has 0 amide bonds. The first-order chi connectivity index (χ1) is 15.2. The normalized spacial score (nSPS) is 16.0. The molecule has 1 atom stereocenters. The third-order valence-electron chi connectivity index (χ3n) is 5.77. The van der Waals surface area contributed by atoms with Gasteiger partial charge in [-0.15, -0.1) is 0 Å². The van der Waals surface area contributed by atoms with Gasteiger partial charge in [-0.05, 0) is 32.8 Å². The number of piperidine rings is 1. The Labute approximate surface area is 182 Å². The quantitative estimate of drug-likeness (QED) is 0.569. The van der Waals surface area contributed by atoms with Crippen LogP contribution in [0.3, 0.4) is 0 Å². The summed E-state index contributed by atoms with van der Waals surface area (Å²) in [5, 5.41) is 27.0. The summed E-state index contributed by atoms with van der Waals surface area (Å²) in [7, 11) is 0. The van der Waals surface area contributed by atoms with E-state index in [2.05, 4.69) is 16.4 Å². The van der Waals surface area contributed by atoms with Crippen molar-refractivity contribution in [2.75, 3.05) is 13.1 Å². The van der Waals surface area contributed by atoms with Crippen LogP contribution in [-0.2, 0) is 0 Å². The Bertz CT molecular complexity index is 1220. The minimum Gasteiger partial charge on any atom is -0.479 e. The zero-order valence-electron chi connectivity index (χ0n) is 17.5. The van der Waals surface area contributed by atoms with E-state index in [9.17, 15) is 18.4 Å². The molecule has 0 aromatic carbocycles. The molecule has 1 fully saturated rings. The van der Waals surface area contributed by atoms with Gasteiger partial charge in [0.1, 0.15) is 22.9 Å². The number of fused-ring (bicyclic) bond motifs is 1. The van der Waals surface area contributed by atoms with E-state index in [4.69, 9.17) is 10.00 Å². The monoisotopic (exact) mass is 443 g/mol. The molecule has 3 aromatic rings. The highest BCUT2D eigenvalue weighted by Crippen LogP contribution is 2.35. The lowest BCUT2D eigenvalue weighted by Gasteiger charge is -2.29. The Morgan fingerprint density at radius 2 is 1.91 bits per heavy atom. The molecule has 8 nitrogen and oxygen atoms in total. The Hall–Kier alpha value is -3.73. The molecule has 32 heavy (non-hydrogen) atoms. The number of alkyl halides is 3. The smallest absolute Gasteiger partial charge is 0.425 e. The molecule has 0 spiro atoms. The van der Waals surface area contributed by atoms with Crippen molar-refractivity contribution in [3.8, 4) is 29.1 Å². The van der Waals surface area contributed by atoms with Gasteiger partial charge in [-0.1, -0.05) is 0 Å². The first-order valence-electron chi connectivity index (χ1n) is 10.1. The molecule has 0 aliphatic carbocycles. The van der Waals surface area contributed by atoms with Gasteiger partial charge in [0.05, 0.1) is 18.4 Å². The minimum atomic E-state index is -4.56. The number of pyridine rings is 1. The third kappa shape index (κ3) is 3.82. The van der Waals surface area contributed by atoms with Crippen LogP contribution in [-0.4, -0.2) is 49.7 Å². The fourth-order valence-electron chi connectivity index (χ4n) is 3.95. The number of likely N-dealkylation sites (tertiary alicyclic amines) is 1. The van der Waals surface area contributed by atoms with Gasteiger partial charge >= 0.3 is 6.18 Å². The summed E-state index contributed by atoms with van der Waals surface area (Å²) in [5.41, 5.74) is 2.46. The van der Waals surface area contributed by atoms with Crippen molar-refractivity contribution in [1.29, 1.82) is 10.5 Å². The first-order valence-corrected chi connectivity index (χ1v) is 10.1. The van der Waals surface area contributed by atoms with Gasteiger partial charge in [0.2, 0.25) is 0 Å². The molecule has 0 N–H and O–H groups in total. The Balaban J connectivity index is 1.74. The zero-order chi connectivity index (χ0) is 23.0. The fraction of sp³-hybridized carbons (Fsp3) is 0.429. The summed E-state index contributed by atoms with van der Waals surface area (Å²) >= 11 is 0. The Morgan fingerprint density at radius 1 is 1.19 bits per heavy atom. The maximum absolute atomic E-state index is 13.1. The molecule has 4 heterocycles. The summed E-state index contributed by atoms with van der Waals surface area (Å²) in [6.07, 6.45) is 1.70. The standard InChI is InChI=1S/C21H20F3N7O/c1-13-18(10-28-31(13)17-3-5-29(12-26)6-4-17)15-7-19(32-14(2)21(22,23)24)20-16(8-25)9-27-30(20)11-15/h7,9-11,14,17H,3-6H2,1-2H3/t14-/m1/s1. The molecule has 11 heteroatoms. The number of aromatic nitrogens is 4. The fourth-order valence-corrected chi connectivity index (χ4v) is 3.95. The van der Waals surface area contributed by atoms with Crippen LogP contribution in [0.4, 0.5) is 13.2 Å². The zero-order valence-corrected chi connectivity index (χ0v) is 17.5. The summed E-state index contributed by atoms with van der Waals surface area (Å²) in [6, 6.07) is 3.57. The second-order valence-electron chi connectivity index (χ2n) is 7.76. The molecule has 0 bridgehead atoms. The van der Waals surface area contributed by atoms with Crippen molar-refractivity contribution in [3.05, 3.63) is 35.9 Å². The van der Waals surface area contributed by atoms with Gasteiger partial charge in [0, 0.05) is 36.1 Å². The van der Waals surface area contributed by atoms with E-state index in [0.717, 1.165) is 31.0 Å². The van der Waals surface area contributed by atoms with Crippen LogP contribution in [0.1, 0.15) is 37.1 Å². The van der Waals surface area contributed by atoms with Gasteiger partial charge < -0.3 is 9.64 Å². The van der Waals surface area contributed by atoms with Crippen LogP contribution < -0.4 is 4.74 Å². The predicted molar refractivity (Wildman–Crippen MR) is 107 cm³/mol. The van der Waals surface area contributed by atoms with Gasteiger partial charge in [-0.25, -0.2) is 4.52 Å². The molecule has 4 rings (SSSR count). The van der Waals surface area contributed by atoms with E-state index < -0.39 is 12.3 Å². The maximum atomic E-state index is 13.1. The van der Waals surface area contributed by atoms with E-state index in [1.165, 1.54) is 16.8 Å². The second-order valence-corrected chi connectivity index (χ2v) is 7.76. The number of hydrogen-bond acceptors (Lipinski definition) is 6. The van der Waals surface area contributed by atoms with Crippen molar-refractivity contribution in [3.63, 3.8) is 0 Å². The molecule has 0 unspecified atom stereocenters. The molecular weight excluding hydrogens is 423 g/mol. The van der Waals surface area contributed by atoms with Crippen LogP contribution in [0.25, 0.3) is 16.6 Å². The third-order valence-corrected chi connectivity index (χ3v) is 5.77. The summed E-state index contributed by atoms with van der Waals surface area (Å²) in [6.45, 7) is 4.12. The number of nitriles is 2. The number of rotatable bonds is 4. The van der Waals surface area contributed by atoms with Gasteiger partial charge in [0.15, 0.2) is 12.3 Å². The largest absolute Gasteiger partial charge is 0.479 e. The Morgan fingerprint density at radius 3 is 2.53 bits per heavy atom. The SMILES string of the molecule is Cc1c(-c2cc(O[C@H](C)C(F)(F)F)c3c(C#N)cnn3c2)cnn1C1CCN(C#N)CC1. The lowest BCUT2D eigenvalue weighted by molar-refractivity contribution is -0.189. The first kappa shape index (κ1) is 21.5.